The van der Waals surface area contributed by atoms with E-state index in [0.29, 0.717) is 11.1 Å². The Balaban J connectivity index is 1.98. The molecule has 11 heteroatoms. The average Bonchev–Trinajstić information content (AvgIpc) is 2.80. The monoisotopic (exact) mass is 525 g/mol. The van der Waals surface area contributed by atoms with E-state index in [9.17, 15) is 23.5 Å². The van der Waals surface area contributed by atoms with Crippen molar-refractivity contribution in [3.63, 3.8) is 0 Å². The third-order valence-electron chi connectivity index (χ3n) is 4.77. The van der Waals surface area contributed by atoms with Crippen LogP contribution in [0, 0.1) is 0 Å². The largest absolute Gasteiger partial charge is 0.504 e. The number of ether oxygens (including phenoxy) is 3. The normalized spacial score (nSPS) is 12.6. The zero-order valence-corrected chi connectivity index (χ0v) is 19.7. The maximum absolute atomic E-state index is 13.2. The molecule has 1 heterocycles. The van der Waals surface area contributed by atoms with Gasteiger partial charge in [-0.3, -0.25) is 9.78 Å². The number of carbonyl (C=O) groups excluding carboxylic acids is 2. The van der Waals surface area contributed by atoms with Crippen molar-refractivity contribution in [2.24, 2.45) is 0 Å². The van der Waals surface area contributed by atoms with Gasteiger partial charge in [0.1, 0.15) is 6.10 Å². The van der Waals surface area contributed by atoms with Crippen molar-refractivity contribution in [1.29, 1.82) is 0 Å². The first-order valence-corrected chi connectivity index (χ1v) is 10.9. The smallest absolute Gasteiger partial charge is 0.387 e. The molecule has 184 valence electrons. The first-order chi connectivity index (χ1) is 16.7. The van der Waals surface area contributed by atoms with Crippen LogP contribution < -0.4 is 4.74 Å². The zero-order valence-electron chi connectivity index (χ0n) is 18.2. The average molecular weight is 526 g/mol. The van der Waals surface area contributed by atoms with Crippen LogP contribution in [0.4, 0.5) is 8.78 Å². The third-order valence-corrected chi connectivity index (χ3v) is 5.42. The van der Waals surface area contributed by atoms with E-state index in [1.54, 1.807) is 30.3 Å². The minimum atomic E-state index is -3.15. The van der Waals surface area contributed by atoms with E-state index in [-0.39, 0.29) is 22.0 Å². The molecule has 0 aliphatic heterocycles. The molecule has 0 saturated carbocycles. The SMILES string of the molecule is CC(=O)O[C@H](C(=O)O[C@@H](Cc1c(Cl)cncc1Cl)c1ccc(OC(F)F)c(O)c1)c1ccccc1. The van der Waals surface area contributed by atoms with Gasteiger partial charge in [-0.05, 0) is 23.3 Å². The molecule has 0 fully saturated rings. The summed E-state index contributed by atoms with van der Waals surface area (Å²) in [6.45, 7) is -2.00. The highest BCUT2D eigenvalue weighted by molar-refractivity contribution is 6.35. The highest BCUT2D eigenvalue weighted by atomic mass is 35.5. The van der Waals surface area contributed by atoms with Gasteiger partial charge in [-0.25, -0.2) is 4.79 Å². The van der Waals surface area contributed by atoms with Crippen molar-refractivity contribution in [1.82, 2.24) is 4.98 Å². The molecule has 0 saturated heterocycles. The van der Waals surface area contributed by atoms with Gasteiger partial charge >= 0.3 is 18.6 Å². The molecule has 1 aromatic heterocycles. The lowest BCUT2D eigenvalue weighted by atomic mass is 10.0. The lowest BCUT2D eigenvalue weighted by Gasteiger charge is -2.23. The number of esters is 2. The summed E-state index contributed by atoms with van der Waals surface area (Å²) in [4.78, 5) is 28.7. The van der Waals surface area contributed by atoms with E-state index in [0.717, 1.165) is 19.1 Å². The number of phenols is 1. The molecule has 0 radical (unpaired) electrons. The van der Waals surface area contributed by atoms with E-state index in [4.69, 9.17) is 32.7 Å². The van der Waals surface area contributed by atoms with Crippen LogP contribution in [0.3, 0.4) is 0 Å². The van der Waals surface area contributed by atoms with Crippen LogP contribution in [0.1, 0.15) is 35.8 Å². The van der Waals surface area contributed by atoms with Crippen molar-refractivity contribution in [2.75, 3.05) is 0 Å². The summed E-state index contributed by atoms with van der Waals surface area (Å²) in [7, 11) is 0. The van der Waals surface area contributed by atoms with E-state index in [2.05, 4.69) is 9.72 Å². The van der Waals surface area contributed by atoms with Crippen LogP contribution in [0.5, 0.6) is 11.5 Å². The number of pyridine rings is 1. The Morgan fingerprint density at radius 1 is 1.00 bits per heavy atom. The molecule has 3 aromatic rings. The second kappa shape index (κ2) is 11.8. The molecule has 0 amide bonds. The van der Waals surface area contributed by atoms with Crippen LogP contribution in [0.2, 0.25) is 10.0 Å². The van der Waals surface area contributed by atoms with E-state index in [1.807, 2.05) is 0 Å². The predicted octanol–water partition coefficient (Wildman–Crippen LogP) is 5.83. The summed E-state index contributed by atoms with van der Waals surface area (Å²) in [5.41, 5.74) is 0.975. The van der Waals surface area contributed by atoms with E-state index < -0.39 is 42.3 Å². The van der Waals surface area contributed by atoms with Gasteiger partial charge in [0.15, 0.2) is 11.5 Å². The molecule has 0 unspecified atom stereocenters. The van der Waals surface area contributed by atoms with Gasteiger partial charge in [-0.1, -0.05) is 59.6 Å². The maximum atomic E-state index is 13.2. The Morgan fingerprint density at radius 2 is 1.66 bits per heavy atom. The molecular weight excluding hydrogens is 507 g/mol. The van der Waals surface area contributed by atoms with Crippen LogP contribution in [0.15, 0.2) is 60.9 Å². The Bertz CT molecular complexity index is 1180. The fraction of sp³-hybridized carbons (Fsp3) is 0.208. The summed E-state index contributed by atoms with van der Waals surface area (Å²) in [5, 5.41) is 10.6. The number of hydrogen-bond donors (Lipinski definition) is 1. The molecule has 0 aliphatic carbocycles. The van der Waals surface area contributed by atoms with Crippen molar-refractivity contribution in [3.05, 3.63) is 87.7 Å². The van der Waals surface area contributed by atoms with Gasteiger partial charge < -0.3 is 19.3 Å². The number of phenolic OH excluding ortho intramolecular Hbond substituents is 1. The minimum absolute atomic E-state index is 0.0675. The zero-order chi connectivity index (χ0) is 25.5. The number of nitrogens with zero attached hydrogens (tertiary/aromatic N) is 1. The fourth-order valence-corrected chi connectivity index (χ4v) is 3.74. The number of carbonyl (C=O) groups is 2. The molecule has 35 heavy (non-hydrogen) atoms. The van der Waals surface area contributed by atoms with Gasteiger partial charge in [0.05, 0.1) is 10.0 Å². The lowest BCUT2D eigenvalue weighted by molar-refractivity contribution is -0.171. The first-order valence-electron chi connectivity index (χ1n) is 10.1. The Kier molecular flexibility index (Phi) is 8.84. The molecule has 2 atom stereocenters. The number of aromatic nitrogens is 1. The highest BCUT2D eigenvalue weighted by Gasteiger charge is 2.30. The van der Waals surface area contributed by atoms with Crippen molar-refractivity contribution < 1.29 is 37.7 Å². The van der Waals surface area contributed by atoms with E-state index in [1.165, 1.54) is 18.5 Å². The molecule has 0 bridgehead atoms. The molecule has 3 rings (SSSR count). The van der Waals surface area contributed by atoms with Gasteiger partial charge in [0.2, 0.25) is 6.10 Å². The number of aromatic hydroxyl groups is 1. The lowest BCUT2D eigenvalue weighted by Crippen LogP contribution is -2.24. The van der Waals surface area contributed by atoms with Gasteiger partial charge in [-0.2, -0.15) is 8.78 Å². The molecular formula is C24H19Cl2F2NO6. The summed E-state index contributed by atoms with van der Waals surface area (Å²) in [5.74, 6) is -2.69. The van der Waals surface area contributed by atoms with Crippen LogP contribution in [-0.2, 0) is 25.5 Å². The standard InChI is InChI=1S/C24H19Cl2F2NO6/c1-13(30)33-22(14-5-3-2-4-6-14)23(32)34-21(10-16-17(25)11-29-12-18(16)26)15-7-8-20(19(31)9-15)35-24(27)28/h2-9,11-12,21-22,24,31H,10H2,1H3/t21-,22-/m0/s1. The van der Waals surface area contributed by atoms with Crippen molar-refractivity contribution in [3.8, 4) is 11.5 Å². The summed E-state index contributed by atoms with van der Waals surface area (Å²) in [6, 6.07) is 11.8. The second-order valence-electron chi connectivity index (χ2n) is 7.22. The van der Waals surface area contributed by atoms with Crippen LogP contribution in [-0.4, -0.2) is 28.6 Å². The molecule has 0 spiro atoms. The molecule has 0 aliphatic rings. The summed E-state index contributed by atoms with van der Waals surface area (Å²) in [6.07, 6.45) is 0.138. The molecule has 1 N–H and O–H groups in total. The predicted molar refractivity (Wildman–Crippen MR) is 122 cm³/mol. The maximum Gasteiger partial charge on any atom is 0.387 e. The van der Waals surface area contributed by atoms with Crippen LogP contribution in [0.25, 0.3) is 0 Å². The fourth-order valence-electron chi connectivity index (χ4n) is 3.22. The highest BCUT2D eigenvalue weighted by Crippen LogP contribution is 2.36. The van der Waals surface area contributed by atoms with Gasteiger partial charge in [0, 0.05) is 31.3 Å². The van der Waals surface area contributed by atoms with Gasteiger partial charge in [-0.15, -0.1) is 0 Å². The first kappa shape index (κ1) is 26.2. The number of rotatable bonds is 9. The van der Waals surface area contributed by atoms with Crippen LogP contribution >= 0.6 is 23.2 Å². The van der Waals surface area contributed by atoms with Crippen molar-refractivity contribution in [2.45, 2.75) is 32.2 Å². The van der Waals surface area contributed by atoms with Crippen molar-refractivity contribution >= 4 is 35.1 Å². The quantitative estimate of drug-likeness (QED) is 0.351. The molecule has 2 aromatic carbocycles. The molecule has 7 nitrogen and oxygen atoms in total. The van der Waals surface area contributed by atoms with Gasteiger partial charge in [0.25, 0.3) is 0 Å². The minimum Gasteiger partial charge on any atom is -0.504 e. The Labute approximate surface area is 209 Å². The second-order valence-corrected chi connectivity index (χ2v) is 8.03. The number of halogens is 4. The number of benzene rings is 2. The summed E-state index contributed by atoms with van der Waals surface area (Å²) >= 11 is 12.5. The van der Waals surface area contributed by atoms with E-state index >= 15 is 0 Å². The Morgan fingerprint density at radius 3 is 2.23 bits per heavy atom. The summed E-state index contributed by atoms with van der Waals surface area (Å²) < 4.78 is 40.3. The number of hydrogen-bond acceptors (Lipinski definition) is 7. The topological polar surface area (TPSA) is 95.0 Å². The Hall–Kier alpha value is -3.43. The number of alkyl halides is 2. The third kappa shape index (κ3) is 7.03.